The summed E-state index contributed by atoms with van der Waals surface area (Å²) < 4.78 is 0. The average Bonchev–Trinajstić information content (AvgIpc) is 3.13. The summed E-state index contributed by atoms with van der Waals surface area (Å²) in [4.78, 5) is 25.1. The van der Waals surface area contributed by atoms with E-state index in [1.165, 1.54) is 16.2 Å². The van der Waals surface area contributed by atoms with Crippen LogP contribution < -0.4 is 16.4 Å². The van der Waals surface area contributed by atoms with Gasteiger partial charge in [-0.15, -0.1) is 11.3 Å². The van der Waals surface area contributed by atoms with Gasteiger partial charge in [0.15, 0.2) is 0 Å². The van der Waals surface area contributed by atoms with Crippen molar-refractivity contribution in [3.05, 3.63) is 51.9 Å². The van der Waals surface area contributed by atoms with E-state index in [1.807, 2.05) is 37.3 Å². The van der Waals surface area contributed by atoms with Crippen LogP contribution >= 0.6 is 11.3 Å². The number of nitrogens with one attached hydrogen (secondary N) is 2. The molecule has 0 saturated carbocycles. The number of carbonyl (C=O) groups excluding carboxylic acids is 2. The molecular formula is C18H21N3O2S. The van der Waals surface area contributed by atoms with E-state index in [0.29, 0.717) is 10.6 Å². The summed E-state index contributed by atoms with van der Waals surface area (Å²) >= 11 is 1.48. The number of fused-ring (bicyclic) bond motifs is 1. The van der Waals surface area contributed by atoms with Gasteiger partial charge in [-0.1, -0.05) is 30.3 Å². The number of carbonyl (C=O) groups is 2. The van der Waals surface area contributed by atoms with Crippen LogP contribution in [0, 0.1) is 0 Å². The Morgan fingerprint density at radius 3 is 2.71 bits per heavy atom. The van der Waals surface area contributed by atoms with Gasteiger partial charge in [0, 0.05) is 10.9 Å². The zero-order chi connectivity index (χ0) is 17.1. The van der Waals surface area contributed by atoms with E-state index in [-0.39, 0.29) is 18.5 Å². The molecular weight excluding hydrogens is 322 g/mol. The Bertz CT molecular complexity index is 755. The molecule has 1 aromatic heterocycles. The molecule has 0 fully saturated rings. The first-order valence-corrected chi connectivity index (χ1v) is 8.90. The molecule has 1 atom stereocenters. The molecule has 126 valence electrons. The van der Waals surface area contributed by atoms with Gasteiger partial charge in [0.2, 0.25) is 5.91 Å². The standard InChI is InChI=1S/C18H21N3O2S/c1-11(12-6-3-2-4-7-12)20-10-15(22)21-18-16(17(19)23)13-8-5-9-14(13)24-18/h2-4,6-7,11,20H,5,8-10H2,1H3,(H2,19,23)(H,21,22)/t11-/m1/s1. The van der Waals surface area contributed by atoms with E-state index >= 15 is 0 Å². The van der Waals surface area contributed by atoms with Crippen molar-refractivity contribution < 1.29 is 9.59 Å². The molecule has 1 aliphatic rings. The lowest BCUT2D eigenvalue weighted by Gasteiger charge is -2.14. The van der Waals surface area contributed by atoms with Crippen molar-refractivity contribution in [1.82, 2.24) is 5.32 Å². The van der Waals surface area contributed by atoms with Gasteiger partial charge in [-0.25, -0.2) is 0 Å². The second-order valence-electron chi connectivity index (χ2n) is 5.99. The average molecular weight is 343 g/mol. The minimum Gasteiger partial charge on any atom is -0.365 e. The third-order valence-corrected chi connectivity index (χ3v) is 5.50. The van der Waals surface area contributed by atoms with Gasteiger partial charge < -0.3 is 16.4 Å². The maximum absolute atomic E-state index is 12.2. The van der Waals surface area contributed by atoms with Gasteiger partial charge >= 0.3 is 0 Å². The van der Waals surface area contributed by atoms with Gasteiger partial charge in [0.25, 0.3) is 5.91 Å². The molecule has 2 amide bonds. The van der Waals surface area contributed by atoms with E-state index in [1.54, 1.807) is 0 Å². The van der Waals surface area contributed by atoms with Crippen LogP contribution in [-0.4, -0.2) is 18.4 Å². The fourth-order valence-electron chi connectivity index (χ4n) is 3.03. The van der Waals surface area contributed by atoms with Crippen molar-refractivity contribution in [2.24, 2.45) is 5.73 Å². The summed E-state index contributed by atoms with van der Waals surface area (Å²) in [5.41, 5.74) is 8.15. The quantitative estimate of drug-likeness (QED) is 0.754. The van der Waals surface area contributed by atoms with Crippen molar-refractivity contribution >= 4 is 28.2 Å². The molecule has 5 nitrogen and oxygen atoms in total. The predicted octanol–water partition coefficient (Wildman–Crippen LogP) is 2.63. The second kappa shape index (κ2) is 7.15. The third kappa shape index (κ3) is 3.49. The lowest BCUT2D eigenvalue weighted by atomic mass is 10.1. The Morgan fingerprint density at radius 1 is 1.25 bits per heavy atom. The molecule has 0 radical (unpaired) electrons. The first-order valence-electron chi connectivity index (χ1n) is 8.08. The van der Waals surface area contributed by atoms with Gasteiger partial charge in [-0.2, -0.15) is 0 Å². The summed E-state index contributed by atoms with van der Waals surface area (Å²) in [5, 5.41) is 6.63. The molecule has 1 aliphatic carbocycles. The molecule has 3 rings (SSSR count). The Hall–Kier alpha value is -2.18. The van der Waals surface area contributed by atoms with Crippen molar-refractivity contribution in [1.29, 1.82) is 0 Å². The van der Waals surface area contributed by atoms with Crippen LogP contribution in [0.15, 0.2) is 30.3 Å². The number of nitrogens with two attached hydrogens (primary N) is 1. The smallest absolute Gasteiger partial charge is 0.251 e. The van der Waals surface area contributed by atoms with E-state index in [9.17, 15) is 9.59 Å². The van der Waals surface area contributed by atoms with Crippen LogP contribution in [0.5, 0.6) is 0 Å². The molecule has 24 heavy (non-hydrogen) atoms. The van der Waals surface area contributed by atoms with Gasteiger partial charge in [0.05, 0.1) is 12.1 Å². The van der Waals surface area contributed by atoms with Gasteiger partial charge in [-0.3, -0.25) is 9.59 Å². The first-order chi connectivity index (χ1) is 11.6. The number of anilines is 1. The highest BCUT2D eigenvalue weighted by Gasteiger charge is 2.26. The molecule has 2 aromatic rings. The molecule has 0 spiro atoms. The highest BCUT2D eigenvalue weighted by molar-refractivity contribution is 7.17. The molecule has 1 heterocycles. The number of amides is 2. The Labute approximate surface area is 145 Å². The van der Waals surface area contributed by atoms with Crippen LogP contribution in [0.2, 0.25) is 0 Å². The molecule has 0 saturated heterocycles. The van der Waals surface area contributed by atoms with E-state index in [0.717, 1.165) is 30.4 Å². The third-order valence-electron chi connectivity index (χ3n) is 4.29. The van der Waals surface area contributed by atoms with E-state index in [4.69, 9.17) is 5.73 Å². The summed E-state index contributed by atoms with van der Waals surface area (Å²) in [6.45, 7) is 2.19. The highest BCUT2D eigenvalue weighted by atomic mass is 32.1. The number of thiophene rings is 1. The van der Waals surface area contributed by atoms with Gasteiger partial charge in [0.1, 0.15) is 5.00 Å². The Kier molecular flexibility index (Phi) is 4.97. The number of benzene rings is 1. The monoisotopic (exact) mass is 343 g/mol. The second-order valence-corrected chi connectivity index (χ2v) is 7.09. The summed E-state index contributed by atoms with van der Waals surface area (Å²) in [5.74, 6) is -0.629. The normalized spacial score (nSPS) is 14.2. The fraction of sp³-hybridized carbons (Fsp3) is 0.333. The summed E-state index contributed by atoms with van der Waals surface area (Å²) in [6.07, 6.45) is 2.87. The van der Waals surface area contributed by atoms with Crippen LogP contribution in [0.4, 0.5) is 5.00 Å². The lowest BCUT2D eigenvalue weighted by Crippen LogP contribution is -2.30. The number of rotatable bonds is 6. The number of primary amides is 1. The first kappa shape index (κ1) is 16.7. The number of hydrogen-bond acceptors (Lipinski definition) is 4. The van der Waals surface area contributed by atoms with Gasteiger partial charge in [-0.05, 0) is 37.3 Å². The van der Waals surface area contributed by atoms with E-state index in [2.05, 4.69) is 10.6 Å². The zero-order valence-corrected chi connectivity index (χ0v) is 14.4. The largest absolute Gasteiger partial charge is 0.365 e. The molecule has 4 N–H and O–H groups in total. The summed E-state index contributed by atoms with van der Waals surface area (Å²) in [7, 11) is 0. The zero-order valence-electron chi connectivity index (χ0n) is 13.6. The highest BCUT2D eigenvalue weighted by Crippen LogP contribution is 2.38. The van der Waals surface area contributed by atoms with Crippen LogP contribution in [0.25, 0.3) is 0 Å². The lowest BCUT2D eigenvalue weighted by molar-refractivity contribution is -0.115. The topological polar surface area (TPSA) is 84.2 Å². The van der Waals surface area contributed by atoms with Crippen LogP contribution in [0.1, 0.15) is 45.7 Å². The Morgan fingerprint density at radius 2 is 2.00 bits per heavy atom. The maximum Gasteiger partial charge on any atom is 0.251 e. The molecule has 6 heteroatoms. The van der Waals surface area contributed by atoms with Crippen LogP contribution in [0.3, 0.4) is 0 Å². The van der Waals surface area contributed by atoms with Crippen molar-refractivity contribution in [2.45, 2.75) is 32.2 Å². The minimum absolute atomic E-state index is 0.0703. The molecule has 0 aliphatic heterocycles. The predicted molar refractivity (Wildman–Crippen MR) is 96.4 cm³/mol. The number of aryl methyl sites for hydroxylation is 1. The fourth-order valence-corrected chi connectivity index (χ4v) is 4.34. The Balaban J connectivity index is 1.63. The minimum atomic E-state index is -0.463. The molecule has 0 bridgehead atoms. The SMILES string of the molecule is C[C@@H](NCC(=O)Nc1sc2c(c1C(N)=O)CCC2)c1ccccc1. The molecule has 1 aromatic carbocycles. The van der Waals surface area contributed by atoms with Crippen molar-refractivity contribution in [3.8, 4) is 0 Å². The van der Waals surface area contributed by atoms with Crippen LogP contribution in [-0.2, 0) is 17.6 Å². The molecule has 0 unspecified atom stereocenters. The van der Waals surface area contributed by atoms with Crippen molar-refractivity contribution in [2.75, 3.05) is 11.9 Å². The van der Waals surface area contributed by atoms with E-state index < -0.39 is 5.91 Å². The maximum atomic E-state index is 12.2. The summed E-state index contributed by atoms with van der Waals surface area (Å²) in [6, 6.07) is 10.0. The number of hydrogen-bond donors (Lipinski definition) is 3. The van der Waals surface area contributed by atoms with Crippen molar-refractivity contribution in [3.63, 3.8) is 0 Å².